The molecule has 0 radical (unpaired) electrons. The third kappa shape index (κ3) is 2.28. The Kier molecular flexibility index (Phi) is 3.20. The van der Waals surface area contributed by atoms with Crippen LogP contribution in [0, 0.1) is 12.7 Å². The van der Waals surface area contributed by atoms with Crippen LogP contribution in [0.5, 0.6) is 0 Å². The summed E-state index contributed by atoms with van der Waals surface area (Å²) in [5.74, 6) is -0.341. The lowest BCUT2D eigenvalue weighted by molar-refractivity contribution is 0.626. The molecule has 0 fully saturated rings. The maximum Gasteiger partial charge on any atom is 0.210 e. The van der Waals surface area contributed by atoms with E-state index >= 15 is 0 Å². The summed E-state index contributed by atoms with van der Waals surface area (Å²) in [7, 11) is 0. The fourth-order valence-corrected chi connectivity index (χ4v) is 1.70. The summed E-state index contributed by atoms with van der Waals surface area (Å²) in [5, 5.41) is 4.09. The molecule has 0 unspecified atom stereocenters. The third-order valence-corrected chi connectivity index (χ3v) is 2.61. The monoisotopic (exact) mass is 263 g/mol. The molecule has 2 rings (SSSR count). The van der Waals surface area contributed by atoms with Crippen molar-refractivity contribution in [3.05, 3.63) is 57.8 Å². The van der Waals surface area contributed by atoms with Crippen LogP contribution in [0.4, 0.5) is 4.39 Å². The minimum atomic E-state index is -0.341. The summed E-state index contributed by atoms with van der Waals surface area (Å²) in [4.78, 5) is 11.6. The molecule has 0 aliphatic carbocycles. The van der Waals surface area contributed by atoms with E-state index in [2.05, 4.69) is 5.10 Å². The van der Waals surface area contributed by atoms with Gasteiger partial charge in [-0.15, -0.1) is 0 Å². The molecule has 0 atom stereocenters. The number of benzene rings is 1. The average Bonchev–Trinajstić information content (AvgIpc) is 2.30. The Bertz CT molecular complexity index is 664. The number of hydrogen-bond donors (Lipinski definition) is 1. The van der Waals surface area contributed by atoms with Crippen molar-refractivity contribution in [2.75, 3.05) is 0 Å². The number of nitrogens with two attached hydrogens (primary N) is 1. The first-order chi connectivity index (χ1) is 8.49. The molecule has 1 heterocycles. The predicted octanol–water partition coefficient (Wildman–Crippen LogP) is 1.31. The lowest BCUT2D eigenvalue weighted by Gasteiger charge is -2.10. The zero-order chi connectivity index (χ0) is 13.3. The topological polar surface area (TPSA) is 60.9 Å². The van der Waals surface area contributed by atoms with Gasteiger partial charge in [0.25, 0.3) is 0 Å². The van der Waals surface area contributed by atoms with E-state index in [1.807, 2.05) is 0 Å². The van der Waals surface area contributed by atoms with Crippen LogP contribution in [0.1, 0.15) is 11.4 Å². The van der Waals surface area contributed by atoms with Crippen LogP contribution in [-0.4, -0.2) is 14.8 Å². The Morgan fingerprint density at radius 3 is 2.56 bits per heavy atom. The minimum absolute atomic E-state index is 0.0277. The first-order valence-electron chi connectivity index (χ1n) is 5.16. The van der Waals surface area contributed by atoms with Gasteiger partial charge in [0, 0.05) is 11.8 Å². The Labute approximate surface area is 108 Å². The number of rotatable bonds is 2. The molecule has 0 saturated carbocycles. The smallest absolute Gasteiger partial charge is 0.210 e. The van der Waals surface area contributed by atoms with Crippen LogP contribution >= 0.6 is 12.2 Å². The normalized spacial score (nSPS) is 10.3. The molecular formula is C12H10FN3OS. The lowest BCUT2D eigenvalue weighted by Crippen LogP contribution is -2.26. The van der Waals surface area contributed by atoms with Crippen molar-refractivity contribution in [2.24, 2.45) is 5.73 Å². The van der Waals surface area contributed by atoms with Gasteiger partial charge >= 0.3 is 0 Å². The molecule has 1 aromatic carbocycles. The predicted molar refractivity (Wildman–Crippen MR) is 70.4 cm³/mol. The van der Waals surface area contributed by atoms with Crippen molar-refractivity contribution in [3.63, 3.8) is 0 Å². The first kappa shape index (κ1) is 12.4. The van der Waals surface area contributed by atoms with Crippen LogP contribution in [0.3, 0.4) is 0 Å². The van der Waals surface area contributed by atoms with Gasteiger partial charge < -0.3 is 5.73 Å². The SMILES string of the molecule is Cc1cc(=O)c(C(N)=S)nn1-c1ccc(F)cc1. The second-order valence-corrected chi connectivity index (χ2v) is 4.19. The summed E-state index contributed by atoms with van der Waals surface area (Å²) >= 11 is 4.77. The van der Waals surface area contributed by atoms with Gasteiger partial charge in [-0.2, -0.15) is 5.10 Å². The highest BCUT2D eigenvalue weighted by atomic mass is 32.1. The van der Waals surface area contributed by atoms with E-state index in [0.717, 1.165) is 0 Å². The van der Waals surface area contributed by atoms with Gasteiger partial charge in [-0.3, -0.25) is 4.79 Å². The Balaban J connectivity index is 2.64. The largest absolute Gasteiger partial charge is 0.388 e. The van der Waals surface area contributed by atoms with Crippen LogP contribution in [0.15, 0.2) is 35.1 Å². The van der Waals surface area contributed by atoms with Gasteiger partial charge in [-0.05, 0) is 31.2 Å². The maximum atomic E-state index is 12.9. The van der Waals surface area contributed by atoms with Crippen LogP contribution < -0.4 is 11.2 Å². The van der Waals surface area contributed by atoms with Crippen LogP contribution in [-0.2, 0) is 0 Å². The van der Waals surface area contributed by atoms with Crippen molar-refractivity contribution < 1.29 is 4.39 Å². The zero-order valence-electron chi connectivity index (χ0n) is 9.55. The quantitative estimate of drug-likeness (QED) is 0.830. The highest BCUT2D eigenvalue weighted by Gasteiger charge is 2.09. The van der Waals surface area contributed by atoms with Gasteiger partial charge in [0.2, 0.25) is 5.43 Å². The summed E-state index contributed by atoms with van der Waals surface area (Å²) in [6, 6.07) is 7.14. The van der Waals surface area contributed by atoms with E-state index < -0.39 is 0 Å². The van der Waals surface area contributed by atoms with Gasteiger partial charge in [0.1, 0.15) is 10.8 Å². The van der Waals surface area contributed by atoms with E-state index in [1.54, 1.807) is 19.1 Å². The van der Waals surface area contributed by atoms with Crippen molar-refractivity contribution in [1.82, 2.24) is 9.78 Å². The van der Waals surface area contributed by atoms with Crippen molar-refractivity contribution >= 4 is 17.2 Å². The minimum Gasteiger partial charge on any atom is -0.388 e. The standard InChI is InChI=1S/C12H10FN3OS/c1-7-6-10(17)11(12(14)18)15-16(7)9-4-2-8(13)3-5-9/h2-6H,1H3,(H2,14,18). The van der Waals surface area contributed by atoms with Gasteiger partial charge in [0.15, 0.2) is 5.69 Å². The molecule has 0 aliphatic rings. The molecule has 0 spiro atoms. The molecule has 1 aromatic heterocycles. The van der Waals surface area contributed by atoms with Crippen molar-refractivity contribution in [3.8, 4) is 5.69 Å². The van der Waals surface area contributed by atoms with E-state index in [1.165, 1.54) is 22.9 Å². The molecule has 0 amide bonds. The Hall–Kier alpha value is -2.08. The lowest BCUT2D eigenvalue weighted by atomic mass is 10.3. The average molecular weight is 263 g/mol. The number of nitrogens with zero attached hydrogens (tertiary/aromatic N) is 2. The molecule has 0 saturated heterocycles. The summed E-state index contributed by atoms with van der Waals surface area (Å²) in [6.45, 7) is 1.72. The Morgan fingerprint density at radius 2 is 2.00 bits per heavy atom. The van der Waals surface area contributed by atoms with Crippen LogP contribution in [0.2, 0.25) is 0 Å². The van der Waals surface area contributed by atoms with Crippen molar-refractivity contribution in [1.29, 1.82) is 0 Å². The van der Waals surface area contributed by atoms with Crippen molar-refractivity contribution in [2.45, 2.75) is 6.92 Å². The van der Waals surface area contributed by atoms with Gasteiger partial charge in [-0.1, -0.05) is 12.2 Å². The molecule has 0 bridgehead atoms. The van der Waals surface area contributed by atoms with E-state index in [0.29, 0.717) is 11.4 Å². The number of aryl methyl sites for hydroxylation is 1. The molecule has 92 valence electrons. The number of aromatic nitrogens is 2. The molecule has 2 N–H and O–H groups in total. The van der Waals surface area contributed by atoms with E-state index in [9.17, 15) is 9.18 Å². The Morgan fingerprint density at radius 1 is 1.39 bits per heavy atom. The second-order valence-electron chi connectivity index (χ2n) is 3.75. The number of thiocarbonyl (C=S) groups is 1. The van der Waals surface area contributed by atoms with Gasteiger partial charge in [0.05, 0.1) is 5.69 Å². The number of halogens is 1. The summed E-state index contributed by atoms with van der Waals surface area (Å²) < 4.78 is 14.3. The summed E-state index contributed by atoms with van der Waals surface area (Å²) in [5.41, 5.74) is 6.39. The first-order valence-corrected chi connectivity index (χ1v) is 5.56. The molecule has 18 heavy (non-hydrogen) atoms. The summed E-state index contributed by atoms with van der Waals surface area (Å²) in [6.07, 6.45) is 0. The molecule has 0 aliphatic heterocycles. The van der Waals surface area contributed by atoms with Crippen LogP contribution in [0.25, 0.3) is 5.69 Å². The van der Waals surface area contributed by atoms with E-state index in [-0.39, 0.29) is 21.9 Å². The number of hydrogen-bond acceptors (Lipinski definition) is 3. The fourth-order valence-electron chi connectivity index (χ4n) is 1.56. The molecule has 2 aromatic rings. The molecule has 6 heteroatoms. The molecule has 4 nitrogen and oxygen atoms in total. The third-order valence-electron chi connectivity index (χ3n) is 2.41. The second kappa shape index (κ2) is 4.66. The van der Waals surface area contributed by atoms with E-state index in [4.69, 9.17) is 18.0 Å². The zero-order valence-corrected chi connectivity index (χ0v) is 10.4. The van der Waals surface area contributed by atoms with Gasteiger partial charge in [-0.25, -0.2) is 9.07 Å². The fraction of sp³-hybridized carbons (Fsp3) is 0.0833. The molecular weight excluding hydrogens is 253 g/mol. The maximum absolute atomic E-state index is 12.9. The highest BCUT2D eigenvalue weighted by molar-refractivity contribution is 7.80. The highest BCUT2D eigenvalue weighted by Crippen LogP contribution is 2.09.